The number of nitrogens with one attached hydrogen (secondary N) is 1. The third kappa shape index (κ3) is 4.16. The number of hydrogen-bond donors (Lipinski definition) is 1. The van der Waals surface area contributed by atoms with Crippen LogP contribution in [-0.2, 0) is 9.63 Å². The Kier molecular flexibility index (Phi) is 4.08. The largest absolute Gasteiger partial charge is 0.463 e. The van der Waals surface area contributed by atoms with E-state index in [2.05, 4.69) is 4.84 Å². The van der Waals surface area contributed by atoms with E-state index in [0.717, 1.165) is 0 Å². The van der Waals surface area contributed by atoms with E-state index in [1.807, 2.05) is 0 Å². The molecule has 0 rings (SSSR count). The molecule has 0 spiro atoms. The smallest absolute Gasteiger partial charge is 0.265 e. The van der Waals surface area contributed by atoms with Crippen molar-refractivity contribution in [3.63, 3.8) is 0 Å². The van der Waals surface area contributed by atoms with Gasteiger partial charge in [0.15, 0.2) is 6.61 Å². The number of carbonyl (C=O) groups excluding carboxylic acids is 1. The molecule has 3 nitrogen and oxygen atoms in total. The van der Waals surface area contributed by atoms with Crippen molar-refractivity contribution < 1.29 is 44.8 Å². The van der Waals surface area contributed by atoms with E-state index in [9.17, 15) is 39.9 Å². The minimum absolute atomic E-state index is 0.357. The lowest BCUT2D eigenvalue weighted by Gasteiger charge is -2.18. The van der Waals surface area contributed by atoms with E-state index in [1.165, 1.54) is 0 Å². The molecule has 0 saturated heterocycles. The molecule has 96 valence electrons. The third-order valence-corrected chi connectivity index (χ3v) is 1.04. The summed E-state index contributed by atoms with van der Waals surface area (Å²) in [6.07, 6.45) is -11.2. The number of alkyl halides is 8. The zero-order valence-corrected chi connectivity index (χ0v) is 7.05. The van der Waals surface area contributed by atoms with Crippen LogP contribution in [0.25, 0.3) is 0 Å². The maximum absolute atomic E-state index is 12.0. The van der Waals surface area contributed by atoms with E-state index in [1.54, 1.807) is 0 Å². The van der Waals surface area contributed by atoms with Crippen LogP contribution in [-0.4, -0.2) is 30.8 Å². The first kappa shape index (κ1) is 14.9. The fourth-order valence-electron chi connectivity index (χ4n) is 0.376. The average molecular weight is 261 g/mol. The van der Waals surface area contributed by atoms with Gasteiger partial charge >= 0.3 is 24.2 Å². The molecule has 0 unspecified atom stereocenters. The molecule has 0 aromatic rings. The summed E-state index contributed by atoms with van der Waals surface area (Å²) in [6.45, 7) is -2.19. The first-order valence-corrected chi connectivity index (χ1v) is 3.31. The number of halogens is 8. The summed E-state index contributed by atoms with van der Waals surface area (Å²) < 4.78 is 92.5. The topological polar surface area (TPSA) is 38.3 Å². The van der Waals surface area contributed by atoms with E-state index in [-0.39, 0.29) is 0 Å². The zero-order chi connectivity index (χ0) is 13.2. The van der Waals surface area contributed by atoms with Gasteiger partial charge in [-0.3, -0.25) is 9.63 Å². The van der Waals surface area contributed by atoms with Gasteiger partial charge in [-0.2, -0.15) is 35.1 Å². The van der Waals surface area contributed by atoms with Crippen LogP contribution in [0.1, 0.15) is 0 Å². The Labute approximate surface area is 82.3 Å². The van der Waals surface area contributed by atoms with Gasteiger partial charge < -0.3 is 0 Å². The molecule has 0 aliphatic rings. The normalized spacial score (nSPS) is 13.8. The van der Waals surface area contributed by atoms with E-state index in [0.29, 0.717) is 5.48 Å². The summed E-state index contributed by atoms with van der Waals surface area (Å²) in [5.41, 5.74) is 0.357. The molecule has 0 aromatic carbocycles. The van der Waals surface area contributed by atoms with Crippen LogP contribution >= 0.6 is 0 Å². The molecule has 11 heteroatoms. The van der Waals surface area contributed by atoms with Crippen LogP contribution in [0.4, 0.5) is 35.1 Å². The van der Waals surface area contributed by atoms with Gasteiger partial charge in [0.2, 0.25) is 0 Å². The van der Waals surface area contributed by atoms with Crippen LogP contribution in [0.2, 0.25) is 0 Å². The maximum atomic E-state index is 12.0. The van der Waals surface area contributed by atoms with Crippen molar-refractivity contribution in [2.24, 2.45) is 0 Å². The molecule has 1 N–H and O–H groups in total. The van der Waals surface area contributed by atoms with Crippen molar-refractivity contribution >= 4 is 5.91 Å². The number of rotatable bonds is 3. The Morgan fingerprint density at radius 1 is 1.00 bits per heavy atom. The number of carbonyl (C=O) groups is 1. The molecular formula is C5H3F8NO2. The Bertz CT molecular complexity index is 256. The van der Waals surface area contributed by atoms with Crippen LogP contribution in [0, 0.1) is 0 Å². The lowest BCUT2D eigenvalue weighted by molar-refractivity contribution is -0.275. The lowest BCUT2D eigenvalue weighted by atomic mass is 10.3. The molecule has 1 amide bonds. The molecule has 0 fully saturated rings. The molecule has 0 atom stereocenters. The van der Waals surface area contributed by atoms with Crippen molar-refractivity contribution in [3.05, 3.63) is 0 Å². The van der Waals surface area contributed by atoms with Crippen molar-refractivity contribution in [2.45, 2.75) is 18.3 Å². The number of hydroxylamine groups is 1. The number of hydrogen-bond acceptors (Lipinski definition) is 2. The van der Waals surface area contributed by atoms with Crippen LogP contribution in [0.5, 0.6) is 0 Å². The second kappa shape index (κ2) is 4.39. The molecule has 0 radical (unpaired) electrons. The predicted molar refractivity (Wildman–Crippen MR) is 31.2 cm³/mol. The average Bonchev–Trinajstić information content (AvgIpc) is 1.99. The van der Waals surface area contributed by atoms with Gasteiger partial charge in [0.25, 0.3) is 0 Å². The highest BCUT2D eigenvalue weighted by atomic mass is 19.4. The monoisotopic (exact) mass is 261 g/mol. The van der Waals surface area contributed by atoms with Crippen LogP contribution in [0.3, 0.4) is 0 Å². The van der Waals surface area contributed by atoms with E-state index >= 15 is 0 Å². The molecule has 0 aromatic heterocycles. The molecule has 0 saturated carbocycles. The van der Waals surface area contributed by atoms with Gasteiger partial charge in [0, 0.05) is 0 Å². The minimum Gasteiger partial charge on any atom is -0.265 e. The highest BCUT2D eigenvalue weighted by Crippen LogP contribution is 2.35. The van der Waals surface area contributed by atoms with Crippen molar-refractivity contribution in [3.8, 4) is 0 Å². The summed E-state index contributed by atoms with van der Waals surface area (Å²) in [7, 11) is 0. The summed E-state index contributed by atoms with van der Waals surface area (Å²) in [4.78, 5) is 13.3. The van der Waals surface area contributed by atoms with Crippen LogP contribution in [0.15, 0.2) is 0 Å². The molecule has 0 bridgehead atoms. The number of amides is 1. The predicted octanol–water partition coefficient (Wildman–Crippen LogP) is 1.79. The highest BCUT2D eigenvalue weighted by molar-refractivity contribution is 5.83. The summed E-state index contributed by atoms with van der Waals surface area (Å²) in [5.74, 6) is -8.84. The standard InChI is InChI=1S/C5H3F8NO2/c6-3(7,8)1-16-14-2(15)4(9,10)5(11,12)13/h1H2,(H,14,15). The molecule has 0 aliphatic carbocycles. The quantitative estimate of drug-likeness (QED) is 0.621. The van der Waals surface area contributed by atoms with Crippen LogP contribution < -0.4 is 5.48 Å². The van der Waals surface area contributed by atoms with Gasteiger partial charge in [-0.25, -0.2) is 5.48 Å². The van der Waals surface area contributed by atoms with Gasteiger partial charge in [-0.05, 0) is 0 Å². The third-order valence-electron chi connectivity index (χ3n) is 1.04. The zero-order valence-electron chi connectivity index (χ0n) is 7.05. The second-order valence-electron chi connectivity index (χ2n) is 2.41. The summed E-state index contributed by atoms with van der Waals surface area (Å²) in [6, 6.07) is 0. The Morgan fingerprint density at radius 2 is 1.44 bits per heavy atom. The molecule has 16 heavy (non-hydrogen) atoms. The van der Waals surface area contributed by atoms with Gasteiger partial charge in [-0.1, -0.05) is 0 Å². The van der Waals surface area contributed by atoms with E-state index < -0.39 is 30.8 Å². The Balaban J connectivity index is 4.28. The molecule has 0 heterocycles. The highest BCUT2D eigenvalue weighted by Gasteiger charge is 2.63. The second-order valence-corrected chi connectivity index (χ2v) is 2.41. The summed E-state index contributed by atoms with van der Waals surface area (Å²) in [5, 5.41) is 0. The summed E-state index contributed by atoms with van der Waals surface area (Å²) >= 11 is 0. The Morgan fingerprint density at radius 3 is 1.75 bits per heavy atom. The fraction of sp³-hybridized carbons (Fsp3) is 0.800. The van der Waals surface area contributed by atoms with Gasteiger partial charge in [0.1, 0.15) is 0 Å². The first-order valence-electron chi connectivity index (χ1n) is 3.31. The van der Waals surface area contributed by atoms with Gasteiger partial charge in [0.05, 0.1) is 0 Å². The van der Waals surface area contributed by atoms with Crippen molar-refractivity contribution in [2.75, 3.05) is 6.61 Å². The fourth-order valence-corrected chi connectivity index (χ4v) is 0.376. The maximum Gasteiger partial charge on any atom is 0.463 e. The van der Waals surface area contributed by atoms with Crippen molar-refractivity contribution in [1.82, 2.24) is 5.48 Å². The van der Waals surface area contributed by atoms with Gasteiger partial charge in [-0.15, -0.1) is 0 Å². The van der Waals surface area contributed by atoms with Crippen molar-refractivity contribution in [1.29, 1.82) is 0 Å². The Hall–Kier alpha value is -1.13. The molecule has 0 aliphatic heterocycles. The molecular weight excluding hydrogens is 258 g/mol. The lowest BCUT2D eigenvalue weighted by Crippen LogP contribution is -2.50. The minimum atomic E-state index is -6.21. The first-order chi connectivity index (χ1) is 6.88. The SMILES string of the molecule is O=C(NOCC(F)(F)F)C(F)(F)C(F)(F)F. The van der Waals surface area contributed by atoms with E-state index in [4.69, 9.17) is 0 Å².